The summed E-state index contributed by atoms with van der Waals surface area (Å²) in [6, 6.07) is 6.96. The summed E-state index contributed by atoms with van der Waals surface area (Å²) in [6.07, 6.45) is 1.36. The van der Waals surface area contributed by atoms with Crippen molar-refractivity contribution < 1.29 is 13.9 Å². The van der Waals surface area contributed by atoms with Crippen LogP contribution in [0.5, 0.6) is 5.75 Å². The maximum Gasteiger partial charge on any atom is 0.257 e. The third kappa shape index (κ3) is 3.46. The van der Waals surface area contributed by atoms with Crippen LogP contribution in [0.4, 0.5) is 14.5 Å². The Kier molecular flexibility index (Phi) is 4.55. The maximum atomic E-state index is 12.3. The van der Waals surface area contributed by atoms with Crippen molar-refractivity contribution >= 4 is 5.69 Å². The Labute approximate surface area is 116 Å². The lowest BCUT2D eigenvalue weighted by Crippen LogP contribution is -2.10. The van der Waals surface area contributed by atoms with Crippen LogP contribution >= 0.6 is 0 Å². The number of rotatable bonds is 6. The number of aromatic hydroxyl groups is 1. The molecule has 0 spiro atoms. The van der Waals surface area contributed by atoms with Crippen LogP contribution in [0, 0.1) is 0 Å². The molecule has 0 aliphatic rings. The van der Waals surface area contributed by atoms with Crippen molar-refractivity contribution in [1.29, 1.82) is 0 Å². The zero-order chi connectivity index (χ0) is 14.5. The second-order valence-corrected chi connectivity index (χ2v) is 4.51. The van der Waals surface area contributed by atoms with Crippen LogP contribution in [0.3, 0.4) is 0 Å². The first-order chi connectivity index (χ1) is 9.60. The molecule has 0 aliphatic heterocycles. The number of nitrogens with zero attached hydrogens (tertiary/aromatic N) is 2. The molecule has 1 aromatic carbocycles. The van der Waals surface area contributed by atoms with Gasteiger partial charge in [0.1, 0.15) is 12.3 Å². The predicted molar refractivity (Wildman–Crippen MR) is 73.0 cm³/mol. The Hall–Kier alpha value is -2.11. The number of phenolic OH excluding ortho intramolecular Hbond substituents is 1. The molecule has 1 aromatic heterocycles. The number of hydrogen-bond donors (Lipinski definition) is 2. The van der Waals surface area contributed by atoms with E-state index in [1.54, 1.807) is 12.1 Å². The highest BCUT2D eigenvalue weighted by molar-refractivity contribution is 5.45. The Morgan fingerprint density at radius 1 is 1.35 bits per heavy atom. The molecule has 0 saturated heterocycles. The van der Waals surface area contributed by atoms with E-state index in [0.717, 1.165) is 12.0 Å². The lowest BCUT2D eigenvalue weighted by Gasteiger charge is -2.18. The average molecular weight is 281 g/mol. The molecule has 2 rings (SSSR count). The summed E-state index contributed by atoms with van der Waals surface area (Å²) in [5.74, 6) is 0.215. The van der Waals surface area contributed by atoms with Gasteiger partial charge in [0.15, 0.2) is 0 Å². The van der Waals surface area contributed by atoms with Gasteiger partial charge in [-0.2, -0.15) is 5.10 Å². The predicted octanol–water partition coefficient (Wildman–Crippen LogP) is 3.42. The molecule has 0 saturated carbocycles. The van der Waals surface area contributed by atoms with Crippen LogP contribution < -0.4 is 5.32 Å². The second-order valence-electron chi connectivity index (χ2n) is 4.51. The van der Waals surface area contributed by atoms with Gasteiger partial charge in [0.25, 0.3) is 6.43 Å². The Morgan fingerprint density at radius 2 is 2.10 bits per heavy atom. The highest BCUT2D eigenvalue weighted by atomic mass is 19.3. The largest absolute Gasteiger partial charge is 0.508 e. The number of benzene rings is 1. The van der Waals surface area contributed by atoms with E-state index in [4.69, 9.17) is 0 Å². The van der Waals surface area contributed by atoms with E-state index >= 15 is 0 Å². The first kappa shape index (κ1) is 14.3. The summed E-state index contributed by atoms with van der Waals surface area (Å²) < 4.78 is 25.7. The van der Waals surface area contributed by atoms with E-state index in [1.165, 1.54) is 17.1 Å². The SMILES string of the molecule is CC[C@H](Nc1cnn(CC(F)F)c1)c1ccccc1O. The fourth-order valence-corrected chi connectivity index (χ4v) is 2.06. The van der Waals surface area contributed by atoms with Crippen LogP contribution in [0.25, 0.3) is 0 Å². The number of nitrogens with one attached hydrogen (secondary N) is 1. The van der Waals surface area contributed by atoms with Crippen LogP contribution in [0.1, 0.15) is 24.9 Å². The van der Waals surface area contributed by atoms with Crippen LogP contribution in [-0.2, 0) is 6.54 Å². The van der Waals surface area contributed by atoms with Gasteiger partial charge in [-0.25, -0.2) is 8.78 Å². The molecule has 4 nitrogen and oxygen atoms in total. The fourth-order valence-electron chi connectivity index (χ4n) is 2.06. The third-order valence-electron chi connectivity index (χ3n) is 3.02. The van der Waals surface area contributed by atoms with E-state index in [1.807, 2.05) is 19.1 Å². The van der Waals surface area contributed by atoms with E-state index in [0.29, 0.717) is 5.69 Å². The first-order valence-electron chi connectivity index (χ1n) is 6.45. The lowest BCUT2D eigenvalue weighted by molar-refractivity contribution is 0.122. The summed E-state index contributed by atoms with van der Waals surface area (Å²) in [5, 5.41) is 16.9. The average Bonchev–Trinajstić information content (AvgIpc) is 2.83. The van der Waals surface area contributed by atoms with Gasteiger partial charge >= 0.3 is 0 Å². The number of hydrogen-bond acceptors (Lipinski definition) is 3. The molecule has 0 amide bonds. The molecule has 0 radical (unpaired) electrons. The van der Waals surface area contributed by atoms with Gasteiger partial charge in [-0.15, -0.1) is 0 Å². The van der Waals surface area contributed by atoms with Gasteiger partial charge in [0, 0.05) is 11.8 Å². The van der Waals surface area contributed by atoms with Crippen molar-refractivity contribution in [3.63, 3.8) is 0 Å². The van der Waals surface area contributed by atoms with Crippen LogP contribution in [0.15, 0.2) is 36.7 Å². The number of halogens is 2. The standard InChI is InChI=1S/C14H17F2N3O/c1-2-12(11-5-3-4-6-13(11)20)18-10-7-17-19(8-10)9-14(15)16/h3-8,12,14,18,20H,2,9H2,1H3/t12-/m0/s1. The van der Waals surface area contributed by atoms with Crippen molar-refractivity contribution in [2.45, 2.75) is 32.4 Å². The molecule has 1 heterocycles. The quantitative estimate of drug-likeness (QED) is 0.853. The summed E-state index contributed by atoms with van der Waals surface area (Å²) in [5.41, 5.74) is 1.43. The molecule has 1 atom stereocenters. The van der Waals surface area contributed by atoms with Crippen molar-refractivity contribution in [3.05, 3.63) is 42.2 Å². The third-order valence-corrected chi connectivity index (χ3v) is 3.02. The molecule has 2 aromatic rings. The molecule has 0 aliphatic carbocycles. The van der Waals surface area contributed by atoms with Crippen LogP contribution in [0.2, 0.25) is 0 Å². The molecule has 0 unspecified atom stereocenters. The van der Waals surface area contributed by atoms with Gasteiger partial charge in [-0.1, -0.05) is 25.1 Å². The molecule has 108 valence electrons. The maximum absolute atomic E-state index is 12.3. The zero-order valence-corrected chi connectivity index (χ0v) is 11.1. The summed E-state index contributed by atoms with van der Waals surface area (Å²) in [6.45, 7) is 1.56. The topological polar surface area (TPSA) is 50.1 Å². The van der Waals surface area contributed by atoms with Crippen molar-refractivity contribution in [3.8, 4) is 5.75 Å². The van der Waals surface area contributed by atoms with Gasteiger partial charge in [0.05, 0.1) is 17.9 Å². The number of para-hydroxylation sites is 1. The minimum absolute atomic E-state index is 0.0969. The fraction of sp³-hybridized carbons (Fsp3) is 0.357. The van der Waals surface area contributed by atoms with E-state index in [2.05, 4.69) is 10.4 Å². The van der Waals surface area contributed by atoms with E-state index in [-0.39, 0.29) is 11.8 Å². The van der Waals surface area contributed by atoms with E-state index in [9.17, 15) is 13.9 Å². The molecular formula is C14H17F2N3O. The first-order valence-corrected chi connectivity index (χ1v) is 6.45. The molecule has 20 heavy (non-hydrogen) atoms. The Balaban J connectivity index is 2.11. The number of anilines is 1. The van der Waals surface area contributed by atoms with E-state index < -0.39 is 13.0 Å². The monoisotopic (exact) mass is 281 g/mol. The van der Waals surface area contributed by atoms with Gasteiger partial charge < -0.3 is 10.4 Å². The smallest absolute Gasteiger partial charge is 0.257 e. The summed E-state index contributed by atoms with van der Waals surface area (Å²) >= 11 is 0. The normalized spacial score (nSPS) is 12.6. The number of alkyl halides is 2. The molecule has 0 fully saturated rings. The highest BCUT2D eigenvalue weighted by Gasteiger charge is 2.14. The van der Waals surface area contributed by atoms with Crippen molar-refractivity contribution in [2.24, 2.45) is 0 Å². The molecule has 0 bridgehead atoms. The van der Waals surface area contributed by atoms with Gasteiger partial charge in [-0.05, 0) is 12.5 Å². The highest BCUT2D eigenvalue weighted by Crippen LogP contribution is 2.28. The minimum Gasteiger partial charge on any atom is -0.508 e. The second kappa shape index (κ2) is 6.36. The molecule has 2 N–H and O–H groups in total. The Morgan fingerprint density at radius 3 is 2.75 bits per heavy atom. The van der Waals surface area contributed by atoms with Gasteiger partial charge in [-0.3, -0.25) is 4.68 Å². The van der Waals surface area contributed by atoms with Crippen LogP contribution in [-0.4, -0.2) is 21.3 Å². The summed E-state index contributed by atoms with van der Waals surface area (Å²) in [4.78, 5) is 0. The number of phenols is 1. The van der Waals surface area contributed by atoms with Crippen molar-refractivity contribution in [2.75, 3.05) is 5.32 Å². The summed E-state index contributed by atoms with van der Waals surface area (Å²) in [7, 11) is 0. The number of aromatic nitrogens is 2. The van der Waals surface area contributed by atoms with Gasteiger partial charge in [0.2, 0.25) is 0 Å². The lowest BCUT2D eigenvalue weighted by atomic mass is 10.0. The zero-order valence-electron chi connectivity index (χ0n) is 11.1. The minimum atomic E-state index is -2.43. The molecule has 6 heteroatoms. The molecular weight excluding hydrogens is 264 g/mol. The van der Waals surface area contributed by atoms with Crippen molar-refractivity contribution in [1.82, 2.24) is 9.78 Å². The Bertz CT molecular complexity index is 557.